The molecule has 1 aromatic heterocycles. The largest absolute Gasteiger partial charge is 0.466 e. The summed E-state index contributed by atoms with van der Waals surface area (Å²) in [5.41, 5.74) is 0. The molecule has 0 aliphatic heterocycles. The van der Waals surface area contributed by atoms with E-state index in [9.17, 15) is 0 Å². The molecule has 0 aliphatic carbocycles. The summed E-state index contributed by atoms with van der Waals surface area (Å²) in [4.78, 5) is 0. The predicted molar refractivity (Wildman–Crippen MR) is 83.6 cm³/mol. The maximum Gasteiger partial charge on any atom is 0.104 e. The molecule has 1 heterocycles. The summed E-state index contributed by atoms with van der Waals surface area (Å²) in [6.45, 7) is 4.53. The molecule has 0 atom stereocenters. The van der Waals surface area contributed by atoms with Gasteiger partial charge in [0.25, 0.3) is 0 Å². The zero-order valence-corrected chi connectivity index (χ0v) is 13.0. The lowest BCUT2D eigenvalue weighted by Gasteiger charge is -2.00. The molecule has 0 saturated carbocycles. The van der Waals surface area contributed by atoms with Gasteiger partial charge in [-0.25, -0.2) is 0 Å². The fourth-order valence-electron chi connectivity index (χ4n) is 2.50. The number of hydrogen-bond donors (Lipinski definition) is 0. The molecule has 0 radical (unpaired) electrons. The van der Waals surface area contributed by atoms with Crippen molar-refractivity contribution in [1.29, 1.82) is 0 Å². The van der Waals surface area contributed by atoms with E-state index in [1.165, 1.54) is 75.7 Å². The summed E-state index contributed by atoms with van der Waals surface area (Å²) < 4.78 is 5.90. The molecule has 1 heteroatoms. The second kappa shape index (κ2) is 11.1. The topological polar surface area (TPSA) is 13.1 Å². The van der Waals surface area contributed by atoms with Crippen molar-refractivity contribution in [3.05, 3.63) is 23.7 Å². The molecule has 0 saturated heterocycles. The van der Waals surface area contributed by atoms with Crippen molar-refractivity contribution in [2.75, 3.05) is 0 Å². The first-order valence-corrected chi connectivity index (χ1v) is 8.44. The van der Waals surface area contributed by atoms with Crippen LogP contribution in [0.15, 0.2) is 16.5 Å². The lowest BCUT2D eigenvalue weighted by molar-refractivity contribution is 0.446. The van der Waals surface area contributed by atoms with Gasteiger partial charge in [-0.15, -0.1) is 0 Å². The van der Waals surface area contributed by atoms with Crippen LogP contribution in [0.25, 0.3) is 0 Å². The molecule has 0 unspecified atom stereocenters. The molecule has 0 spiro atoms. The fourth-order valence-corrected chi connectivity index (χ4v) is 2.50. The highest BCUT2D eigenvalue weighted by molar-refractivity contribution is 5.07. The molecule has 0 aromatic carbocycles. The van der Waals surface area contributed by atoms with Crippen LogP contribution in [0.5, 0.6) is 0 Å². The Morgan fingerprint density at radius 3 is 1.47 bits per heavy atom. The van der Waals surface area contributed by atoms with Crippen molar-refractivity contribution in [2.24, 2.45) is 0 Å². The lowest BCUT2D eigenvalue weighted by atomic mass is 10.1. The maximum atomic E-state index is 5.90. The van der Waals surface area contributed by atoms with Crippen LogP contribution in [0.2, 0.25) is 0 Å². The van der Waals surface area contributed by atoms with Gasteiger partial charge in [-0.1, -0.05) is 65.2 Å². The molecule has 1 rings (SSSR count). The van der Waals surface area contributed by atoms with Crippen LogP contribution in [-0.2, 0) is 12.8 Å². The third-order valence-corrected chi connectivity index (χ3v) is 3.77. The van der Waals surface area contributed by atoms with E-state index in [-0.39, 0.29) is 0 Å². The summed E-state index contributed by atoms with van der Waals surface area (Å²) >= 11 is 0. The van der Waals surface area contributed by atoms with Crippen LogP contribution in [0.1, 0.15) is 89.6 Å². The smallest absolute Gasteiger partial charge is 0.104 e. The molecule has 110 valence electrons. The van der Waals surface area contributed by atoms with Gasteiger partial charge in [0.2, 0.25) is 0 Å². The fraction of sp³-hybridized carbons (Fsp3) is 0.778. The van der Waals surface area contributed by atoms with Gasteiger partial charge in [0.05, 0.1) is 0 Å². The van der Waals surface area contributed by atoms with E-state index in [1.807, 2.05) is 0 Å². The Bertz CT molecular complexity index is 272. The van der Waals surface area contributed by atoms with Crippen LogP contribution in [0, 0.1) is 0 Å². The van der Waals surface area contributed by atoms with Crippen LogP contribution in [0.4, 0.5) is 0 Å². The van der Waals surface area contributed by atoms with Gasteiger partial charge in [-0.2, -0.15) is 0 Å². The van der Waals surface area contributed by atoms with Gasteiger partial charge in [0.15, 0.2) is 0 Å². The monoisotopic (exact) mass is 264 g/mol. The molecule has 0 fully saturated rings. The second-order valence-corrected chi connectivity index (χ2v) is 5.70. The predicted octanol–water partition coefficient (Wildman–Crippen LogP) is 6.31. The normalized spacial score (nSPS) is 11.1. The SMILES string of the molecule is CCCCCCCc1ccc(CCCCCCC)o1. The van der Waals surface area contributed by atoms with Gasteiger partial charge in [0.1, 0.15) is 11.5 Å². The highest BCUT2D eigenvalue weighted by Gasteiger charge is 2.02. The van der Waals surface area contributed by atoms with Crippen molar-refractivity contribution in [1.82, 2.24) is 0 Å². The number of rotatable bonds is 12. The molecular weight excluding hydrogens is 232 g/mol. The van der Waals surface area contributed by atoms with E-state index in [0.717, 1.165) is 12.8 Å². The van der Waals surface area contributed by atoms with Crippen LogP contribution >= 0.6 is 0 Å². The van der Waals surface area contributed by atoms with Gasteiger partial charge >= 0.3 is 0 Å². The van der Waals surface area contributed by atoms with E-state index in [0.29, 0.717) is 0 Å². The zero-order chi connectivity index (χ0) is 13.8. The van der Waals surface area contributed by atoms with Crippen molar-refractivity contribution >= 4 is 0 Å². The number of furan rings is 1. The summed E-state index contributed by atoms with van der Waals surface area (Å²) in [5, 5.41) is 0. The quantitative estimate of drug-likeness (QED) is 0.403. The first kappa shape index (κ1) is 16.3. The van der Waals surface area contributed by atoms with Crippen molar-refractivity contribution in [3.63, 3.8) is 0 Å². The maximum absolute atomic E-state index is 5.90. The minimum absolute atomic E-state index is 1.12. The van der Waals surface area contributed by atoms with Crippen LogP contribution < -0.4 is 0 Å². The van der Waals surface area contributed by atoms with Gasteiger partial charge in [0, 0.05) is 12.8 Å². The van der Waals surface area contributed by atoms with Crippen molar-refractivity contribution in [2.45, 2.75) is 90.9 Å². The molecule has 0 N–H and O–H groups in total. The summed E-state index contributed by atoms with van der Waals surface area (Å²) in [6, 6.07) is 4.36. The Hall–Kier alpha value is -0.720. The number of unbranched alkanes of at least 4 members (excludes halogenated alkanes) is 8. The van der Waals surface area contributed by atoms with Crippen molar-refractivity contribution < 1.29 is 4.42 Å². The third-order valence-electron chi connectivity index (χ3n) is 3.77. The number of hydrogen-bond acceptors (Lipinski definition) is 1. The van der Waals surface area contributed by atoms with Gasteiger partial charge < -0.3 is 4.42 Å². The molecule has 1 nitrogen and oxygen atoms in total. The van der Waals surface area contributed by atoms with Gasteiger partial charge in [-0.3, -0.25) is 0 Å². The average Bonchev–Trinajstić information content (AvgIpc) is 2.86. The third kappa shape index (κ3) is 8.13. The summed E-state index contributed by atoms with van der Waals surface area (Å²) in [7, 11) is 0. The van der Waals surface area contributed by atoms with E-state index < -0.39 is 0 Å². The molecule has 0 bridgehead atoms. The second-order valence-electron chi connectivity index (χ2n) is 5.70. The highest BCUT2D eigenvalue weighted by Crippen LogP contribution is 2.15. The van der Waals surface area contributed by atoms with E-state index >= 15 is 0 Å². The summed E-state index contributed by atoms with van der Waals surface area (Å²) in [6.07, 6.45) is 15.7. The molecule has 1 aromatic rings. The van der Waals surface area contributed by atoms with Gasteiger partial charge in [-0.05, 0) is 25.0 Å². The molecule has 0 amide bonds. The van der Waals surface area contributed by atoms with Crippen LogP contribution in [0.3, 0.4) is 0 Å². The Balaban J connectivity index is 2.07. The Morgan fingerprint density at radius 2 is 1.05 bits per heavy atom. The summed E-state index contributed by atoms with van der Waals surface area (Å²) in [5.74, 6) is 2.39. The first-order chi connectivity index (χ1) is 9.36. The highest BCUT2D eigenvalue weighted by atomic mass is 16.3. The average molecular weight is 264 g/mol. The molecule has 0 aliphatic rings. The van der Waals surface area contributed by atoms with E-state index in [2.05, 4.69) is 26.0 Å². The molecule has 19 heavy (non-hydrogen) atoms. The lowest BCUT2D eigenvalue weighted by Crippen LogP contribution is -1.85. The van der Waals surface area contributed by atoms with Crippen molar-refractivity contribution in [3.8, 4) is 0 Å². The minimum atomic E-state index is 1.12. The van der Waals surface area contributed by atoms with E-state index in [1.54, 1.807) is 0 Å². The van der Waals surface area contributed by atoms with E-state index in [4.69, 9.17) is 4.42 Å². The Morgan fingerprint density at radius 1 is 0.632 bits per heavy atom. The zero-order valence-electron chi connectivity index (χ0n) is 13.0. The Kier molecular flexibility index (Phi) is 9.57. The standard InChI is InChI=1S/C18H32O/c1-3-5-7-9-11-13-17-15-16-18(19-17)14-12-10-8-6-4-2/h15-16H,3-14H2,1-2H3. The molecular formula is C18H32O. The Labute approximate surface area is 119 Å². The van der Waals surface area contributed by atoms with Crippen LogP contribution in [-0.4, -0.2) is 0 Å². The number of aryl methyl sites for hydroxylation is 2. The first-order valence-electron chi connectivity index (χ1n) is 8.44. The minimum Gasteiger partial charge on any atom is -0.466 e.